The minimum Gasteiger partial charge on any atom is -0.376 e. The van der Waals surface area contributed by atoms with Crippen LogP contribution < -0.4 is 0 Å². The van der Waals surface area contributed by atoms with E-state index in [4.69, 9.17) is 4.74 Å². The predicted octanol–water partition coefficient (Wildman–Crippen LogP) is 1.23. The Morgan fingerprint density at radius 3 is 2.82 bits per heavy atom. The first-order chi connectivity index (χ1) is 5.21. The lowest BCUT2D eigenvalue weighted by molar-refractivity contribution is -0.0959. The van der Waals surface area contributed by atoms with Crippen molar-refractivity contribution in [3.63, 3.8) is 0 Å². The third kappa shape index (κ3) is 1.18. The topological polar surface area (TPSA) is 27.1 Å². The molecular formula is C7H9IN2O. The van der Waals surface area contributed by atoms with E-state index in [1.54, 1.807) is 0 Å². The normalized spacial score (nSPS) is 21.3. The van der Waals surface area contributed by atoms with Crippen LogP contribution in [0.2, 0.25) is 0 Å². The SMILES string of the molecule is CC1(n2ccc(I)n2)COC1. The molecule has 1 aliphatic rings. The van der Waals surface area contributed by atoms with E-state index < -0.39 is 0 Å². The van der Waals surface area contributed by atoms with Crippen molar-refractivity contribution in [3.8, 4) is 0 Å². The largest absolute Gasteiger partial charge is 0.376 e. The van der Waals surface area contributed by atoms with Crippen LogP contribution in [0.3, 0.4) is 0 Å². The first-order valence-electron chi connectivity index (χ1n) is 3.50. The Kier molecular flexibility index (Phi) is 1.68. The van der Waals surface area contributed by atoms with E-state index in [0.29, 0.717) is 0 Å². The predicted molar refractivity (Wildman–Crippen MR) is 49.4 cm³/mol. The van der Waals surface area contributed by atoms with Crippen molar-refractivity contribution in [2.24, 2.45) is 0 Å². The van der Waals surface area contributed by atoms with Gasteiger partial charge in [-0.05, 0) is 35.6 Å². The molecule has 60 valence electrons. The van der Waals surface area contributed by atoms with Gasteiger partial charge in [0.25, 0.3) is 0 Å². The maximum Gasteiger partial charge on any atom is 0.123 e. The fourth-order valence-corrected chi connectivity index (χ4v) is 1.53. The standard InChI is InChI=1S/C7H9IN2O/c1-7(4-11-5-7)10-3-2-6(8)9-10/h2-3H,4-5H2,1H3. The van der Waals surface area contributed by atoms with Gasteiger partial charge in [-0.1, -0.05) is 0 Å². The van der Waals surface area contributed by atoms with Crippen molar-refractivity contribution < 1.29 is 4.74 Å². The molecule has 1 saturated heterocycles. The number of halogens is 1. The number of hydrogen-bond acceptors (Lipinski definition) is 2. The average Bonchev–Trinajstić information content (AvgIpc) is 2.31. The van der Waals surface area contributed by atoms with Crippen molar-refractivity contribution in [1.29, 1.82) is 0 Å². The van der Waals surface area contributed by atoms with Crippen LogP contribution in [-0.4, -0.2) is 23.0 Å². The molecule has 0 radical (unpaired) electrons. The van der Waals surface area contributed by atoms with Crippen LogP contribution in [0, 0.1) is 3.70 Å². The molecule has 0 unspecified atom stereocenters. The molecular weight excluding hydrogens is 255 g/mol. The third-order valence-electron chi connectivity index (χ3n) is 1.94. The fraction of sp³-hybridized carbons (Fsp3) is 0.571. The lowest BCUT2D eigenvalue weighted by Crippen LogP contribution is -2.49. The summed E-state index contributed by atoms with van der Waals surface area (Å²) >= 11 is 2.21. The summed E-state index contributed by atoms with van der Waals surface area (Å²) in [7, 11) is 0. The molecule has 0 aliphatic carbocycles. The van der Waals surface area contributed by atoms with Gasteiger partial charge in [0.05, 0.1) is 13.2 Å². The van der Waals surface area contributed by atoms with Crippen LogP contribution >= 0.6 is 22.6 Å². The average molecular weight is 264 g/mol. The van der Waals surface area contributed by atoms with Crippen LogP contribution in [0.5, 0.6) is 0 Å². The second-order valence-corrected chi connectivity index (χ2v) is 4.18. The lowest BCUT2D eigenvalue weighted by Gasteiger charge is -2.38. The molecule has 2 rings (SSSR count). The first kappa shape index (κ1) is 7.54. The summed E-state index contributed by atoms with van der Waals surface area (Å²) in [5.74, 6) is 0. The maximum absolute atomic E-state index is 5.14. The zero-order valence-corrected chi connectivity index (χ0v) is 8.41. The summed E-state index contributed by atoms with van der Waals surface area (Å²) in [6.07, 6.45) is 2.00. The second-order valence-electron chi connectivity index (χ2n) is 3.07. The molecule has 0 N–H and O–H groups in total. The quantitative estimate of drug-likeness (QED) is 0.713. The van der Waals surface area contributed by atoms with Gasteiger partial charge in [-0.2, -0.15) is 5.10 Å². The van der Waals surface area contributed by atoms with E-state index in [1.165, 1.54) is 0 Å². The van der Waals surface area contributed by atoms with Crippen LogP contribution in [-0.2, 0) is 10.3 Å². The Balaban J connectivity index is 2.28. The summed E-state index contributed by atoms with van der Waals surface area (Å²) in [5, 5.41) is 4.33. The smallest absolute Gasteiger partial charge is 0.123 e. The molecule has 1 aliphatic heterocycles. The van der Waals surface area contributed by atoms with E-state index in [2.05, 4.69) is 34.6 Å². The van der Waals surface area contributed by atoms with Gasteiger partial charge in [0.15, 0.2) is 0 Å². The Morgan fingerprint density at radius 1 is 1.73 bits per heavy atom. The number of aromatic nitrogens is 2. The van der Waals surface area contributed by atoms with E-state index in [0.717, 1.165) is 16.9 Å². The molecule has 0 aromatic carbocycles. The first-order valence-corrected chi connectivity index (χ1v) is 4.58. The van der Waals surface area contributed by atoms with Gasteiger partial charge in [0, 0.05) is 6.20 Å². The van der Waals surface area contributed by atoms with Crippen molar-refractivity contribution in [1.82, 2.24) is 9.78 Å². The molecule has 0 atom stereocenters. The van der Waals surface area contributed by atoms with Gasteiger partial charge >= 0.3 is 0 Å². The number of ether oxygens (including phenoxy) is 1. The minimum atomic E-state index is 0.115. The van der Waals surface area contributed by atoms with Crippen molar-refractivity contribution >= 4 is 22.6 Å². The van der Waals surface area contributed by atoms with Gasteiger partial charge in [0.1, 0.15) is 9.24 Å². The molecule has 4 heteroatoms. The van der Waals surface area contributed by atoms with Crippen molar-refractivity contribution in [3.05, 3.63) is 16.0 Å². The highest BCUT2D eigenvalue weighted by Gasteiger charge is 2.35. The second kappa shape index (κ2) is 2.45. The Hall–Kier alpha value is -0.100. The molecule has 3 nitrogen and oxygen atoms in total. The van der Waals surface area contributed by atoms with Crippen molar-refractivity contribution in [2.75, 3.05) is 13.2 Å². The molecule has 11 heavy (non-hydrogen) atoms. The van der Waals surface area contributed by atoms with Gasteiger partial charge in [-0.3, -0.25) is 4.68 Å². The van der Waals surface area contributed by atoms with Crippen LogP contribution in [0.25, 0.3) is 0 Å². The molecule has 2 heterocycles. The minimum absolute atomic E-state index is 0.115. The Morgan fingerprint density at radius 2 is 2.45 bits per heavy atom. The number of nitrogens with zero attached hydrogens (tertiary/aromatic N) is 2. The Labute approximate surface area is 78.9 Å². The zero-order chi connectivity index (χ0) is 7.90. The van der Waals surface area contributed by atoms with Crippen LogP contribution in [0.4, 0.5) is 0 Å². The molecule has 0 spiro atoms. The molecule has 0 bridgehead atoms. The number of hydrogen-bond donors (Lipinski definition) is 0. The van der Waals surface area contributed by atoms with Crippen LogP contribution in [0.15, 0.2) is 12.3 Å². The summed E-state index contributed by atoms with van der Waals surface area (Å²) in [4.78, 5) is 0. The highest BCUT2D eigenvalue weighted by Crippen LogP contribution is 2.24. The van der Waals surface area contributed by atoms with E-state index in [9.17, 15) is 0 Å². The molecule has 0 saturated carbocycles. The fourth-order valence-electron chi connectivity index (χ4n) is 1.13. The van der Waals surface area contributed by atoms with E-state index in [1.807, 2.05) is 16.9 Å². The van der Waals surface area contributed by atoms with E-state index in [-0.39, 0.29) is 5.54 Å². The van der Waals surface area contributed by atoms with Crippen LogP contribution in [0.1, 0.15) is 6.92 Å². The zero-order valence-electron chi connectivity index (χ0n) is 6.25. The molecule has 0 amide bonds. The van der Waals surface area contributed by atoms with Gasteiger partial charge in [0.2, 0.25) is 0 Å². The third-order valence-corrected chi connectivity index (χ3v) is 2.51. The van der Waals surface area contributed by atoms with Crippen molar-refractivity contribution in [2.45, 2.75) is 12.5 Å². The van der Waals surface area contributed by atoms with Gasteiger partial charge in [-0.15, -0.1) is 0 Å². The highest BCUT2D eigenvalue weighted by molar-refractivity contribution is 14.1. The molecule has 1 aromatic rings. The number of rotatable bonds is 1. The summed E-state index contributed by atoms with van der Waals surface area (Å²) in [6.45, 7) is 3.72. The summed E-state index contributed by atoms with van der Waals surface area (Å²) in [6, 6.07) is 2.00. The summed E-state index contributed by atoms with van der Waals surface area (Å²) in [5.41, 5.74) is 0.115. The van der Waals surface area contributed by atoms with Gasteiger partial charge < -0.3 is 4.74 Å². The van der Waals surface area contributed by atoms with Gasteiger partial charge in [-0.25, -0.2) is 0 Å². The van der Waals surface area contributed by atoms with E-state index >= 15 is 0 Å². The Bertz CT molecular complexity index is 267. The molecule has 1 aromatic heterocycles. The highest BCUT2D eigenvalue weighted by atomic mass is 127. The maximum atomic E-state index is 5.14. The molecule has 1 fully saturated rings. The summed E-state index contributed by atoms with van der Waals surface area (Å²) < 4.78 is 8.16. The monoisotopic (exact) mass is 264 g/mol. The lowest BCUT2D eigenvalue weighted by atomic mass is 10.0.